The number of nitrogens with zero attached hydrogens (tertiary/aromatic N) is 3. The fourth-order valence-corrected chi connectivity index (χ4v) is 5.09. The summed E-state index contributed by atoms with van der Waals surface area (Å²) in [5.41, 5.74) is -3.13. The van der Waals surface area contributed by atoms with Crippen molar-refractivity contribution in [3.63, 3.8) is 0 Å². The van der Waals surface area contributed by atoms with E-state index in [1.165, 1.54) is 25.7 Å². The van der Waals surface area contributed by atoms with Gasteiger partial charge in [-0.1, -0.05) is 37.3 Å². The summed E-state index contributed by atoms with van der Waals surface area (Å²) in [5.74, 6) is -5.85. The number of anilines is 2. The van der Waals surface area contributed by atoms with E-state index in [1.807, 2.05) is 0 Å². The summed E-state index contributed by atoms with van der Waals surface area (Å²) in [6.45, 7) is 9.42. The molecule has 0 spiro atoms. The van der Waals surface area contributed by atoms with Crippen LogP contribution in [0.2, 0.25) is 0 Å². The molecule has 1 heterocycles. The minimum absolute atomic E-state index is 0.105. The Labute approximate surface area is 276 Å². The molecule has 0 fully saturated rings. The number of carbonyl (C=O) groups excluding carboxylic acids is 3. The first-order valence-electron chi connectivity index (χ1n) is 15.3. The third kappa shape index (κ3) is 9.73. The predicted molar refractivity (Wildman–Crippen MR) is 168 cm³/mol. The summed E-state index contributed by atoms with van der Waals surface area (Å²) < 4.78 is 75.0. The number of halogens is 4. The molecule has 0 saturated carbocycles. The van der Waals surface area contributed by atoms with Gasteiger partial charge in [-0.2, -0.15) is 13.2 Å². The molecule has 15 heteroatoms. The first kappa shape index (κ1) is 37.9. The van der Waals surface area contributed by atoms with Crippen molar-refractivity contribution in [3.8, 4) is 5.75 Å². The van der Waals surface area contributed by atoms with Crippen LogP contribution in [0.4, 0.5) is 38.5 Å². The summed E-state index contributed by atoms with van der Waals surface area (Å²) in [7, 11) is 0. The fourth-order valence-electron chi connectivity index (χ4n) is 5.09. The molecule has 1 N–H and O–H groups in total. The molecule has 2 aromatic carbocycles. The number of ether oxygens (including phenoxy) is 3. The van der Waals surface area contributed by atoms with E-state index in [9.17, 15) is 37.5 Å². The van der Waals surface area contributed by atoms with Crippen LogP contribution >= 0.6 is 0 Å². The lowest BCUT2D eigenvalue weighted by Gasteiger charge is -2.31. The van der Waals surface area contributed by atoms with Crippen molar-refractivity contribution in [2.75, 3.05) is 29.4 Å². The summed E-state index contributed by atoms with van der Waals surface area (Å²) in [4.78, 5) is 53.1. The number of hydrogen-bond acceptors (Lipinski definition) is 7. The van der Waals surface area contributed by atoms with Crippen LogP contribution in [0.15, 0.2) is 36.4 Å². The fraction of sp³-hybridized carbons (Fsp3) is 0.515. The molecule has 2 aromatic rings. The van der Waals surface area contributed by atoms with Gasteiger partial charge in [-0.3, -0.25) is 19.4 Å². The number of benzene rings is 2. The highest BCUT2D eigenvalue weighted by Crippen LogP contribution is 2.45. The van der Waals surface area contributed by atoms with E-state index in [0.717, 1.165) is 11.0 Å². The highest BCUT2D eigenvalue weighted by Gasteiger charge is 2.47. The van der Waals surface area contributed by atoms with Gasteiger partial charge in [0.1, 0.15) is 35.8 Å². The monoisotopic (exact) mass is 683 g/mol. The van der Waals surface area contributed by atoms with Gasteiger partial charge >= 0.3 is 30.2 Å². The maximum absolute atomic E-state index is 16.7. The molecule has 0 saturated heterocycles. The van der Waals surface area contributed by atoms with Gasteiger partial charge in [-0.25, -0.2) is 14.0 Å². The van der Waals surface area contributed by atoms with Crippen molar-refractivity contribution in [1.82, 2.24) is 4.90 Å². The van der Waals surface area contributed by atoms with E-state index >= 15 is 4.39 Å². The smallest absolute Gasteiger partial charge is 0.471 e. The van der Waals surface area contributed by atoms with Crippen molar-refractivity contribution in [2.45, 2.75) is 91.3 Å². The number of amides is 3. The Kier molecular flexibility index (Phi) is 11.6. The largest absolute Gasteiger partial charge is 0.487 e. The summed E-state index contributed by atoms with van der Waals surface area (Å²) in [6, 6.07) is 8.21. The maximum atomic E-state index is 16.7. The zero-order valence-electron chi connectivity index (χ0n) is 27.9. The molecule has 3 amide bonds. The number of fused-ring (bicyclic) bond motifs is 1. The first-order valence-corrected chi connectivity index (χ1v) is 15.3. The summed E-state index contributed by atoms with van der Waals surface area (Å²) >= 11 is 0. The Morgan fingerprint density at radius 2 is 1.58 bits per heavy atom. The number of alkyl halides is 3. The van der Waals surface area contributed by atoms with E-state index < -0.39 is 71.3 Å². The van der Waals surface area contributed by atoms with Crippen LogP contribution in [0.5, 0.6) is 5.75 Å². The third-order valence-corrected chi connectivity index (χ3v) is 6.83. The third-order valence-electron chi connectivity index (χ3n) is 6.83. The van der Waals surface area contributed by atoms with Crippen LogP contribution in [0.1, 0.15) is 66.0 Å². The van der Waals surface area contributed by atoms with E-state index in [-0.39, 0.29) is 42.3 Å². The Morgan fingerprint density at radius 3 is 2.10 bits per heavy atom. The lowest BCUT2D eigenvalue weighted by atomic mass is 10.1. The van der Waals surface area contributed by atoms with E-state index in [0.29, 0.717) is 12.0 Å². The minimum atomic E-state index is -5.55. The van der Waals surface area contributed by atoms with Crippen LogP contribution in [-0.2, 0) is 32.1 Å². The highest BCUT2D eigenvalue weighted by atomic mass is 19.4. The second-order valence-corrected chi connectivity index (χ2v) is 13.2. The molecular formula is C33H41F4N3O8. The SMILES string of the molecule is CCCN(C[C@H]1Cc2c(cc(OCc3ccccc3)c(N(CC(=O)OC(C)(C)C)C(=O)C(F)(F)F)c2F)N1C(=O)O)C(=O)OC(C)(C)C. The van der Waals surface area contributed by atoms with Crippen LogP contribution < -0.4 is 14.5 Å². The molecule has 48 heavy (non-hydrogen) atoms. The maximum Gasteiger partial charge on any atom is 0.471 e. The van der Waals surface area contributed by atoms with Gasteiger partial charge in [0.25, 0.3) is 0 Å². The van der Waals surface area contributed by atoms with Crippen LogP contribution in [0, 0.1) is 5.82 Å². The minimum Gasteiger partial charge on any atom is -0.487 e. The average molecular weight is 684 g/mol. The molecule has 0 aromatic heterocycles. The number of rotatable bonds is 10. The average Bonchev–Trinajstić information content (AvgIpc) is 3.31. The Balaban J connectivity index is 2.19. The quantitative estimate of drug-likeness (QED) is 0.217. The van der Waals surface area contributed by atoms with E-state index in [2.05, 4.69) is 0 Å². The molecule has 1 aliphatic rings. The lowest BCUT2D eigenvalue weighted by Crippen LogP contribution is -2.48. The second-order valence-electron chi connectivity index (χ2n) is 13.2. The number of hydrogen-bond donors (Lipinski definition) is 1. The molecule has 1 aliphatic heterocycles. The van der Waals surface area contributed by atoms with Gasteiger partial charge in [0.15, 0.2) is 5.82 Å². The molecule has 0 aliphatic carbocycles. The van der Waals surface area contributed by atoms with Crippen LogP contribution in [-0.4, -0.2) is 77.1 Å². The Bertz CT molecular complexity index is 1500. The second kappa shape index (κ2) is 14.7. The number of carboxylic acid groups (broad SMARTS) is 1. The van der Waals surface area contributed by atoms with Gasteiger partial charge in [0.2, 0.25) is 0 Å². The first-order chi connectivity index (χ1) is 22.1. The van der Waals surface area contributed by atoms with Crippen LogP contribution in [0.25, 0.3) is 0 Å². The van der Waals surface area contributed by atoms with Gasteiger partial charge in [-0.15, -0.1) is 0 Å². The van der Waals surface area contributed by atoms with Crippen molar-refractivity contribution in [2.24, 2.45) is 0 Å². The van der Waals surface area contributed by atoms with Crippen molar-refractivity contribution < 1.29 is 56.1 Å². The van der Waals surface area contributed by atoms with Crippen molar-refractivity contribution in [3.05, 3.63) is 53.3 Å². The number of esters is 1. The molecule has 264 valence electrons. The van der Waals surface area contributed by atoms with Gasteiger partial charge < -0.3 is 24.2 Å². The van der Waals surface area contributed by atoms with E-state index in [4.69, 9.17) is 14.2 Å². The Hall–Kier alpha value is -4.56. The van der Waals surface area contributed by atoms with Crippen molar-refractivity contribution in [1.29, 1.82) is 0 Å². The van der Waals surface area contributed by atoms with Crippen LogP contribution in [0.3, 0.4) is 0 Å². The summed E-state index contributed by atoms with van der Waals surface area (Å²) in [5, 5.41) is 10.2. The molecule has 0 unspecified atom stereocenters. The molecular weight excluding hydrogens is 642 g/mol. The lowest BCUT2D eigenvalue weighted by molar-refractivity contribution is -0.171. The summed E-state index contributed by atoms with van der Waals surface area (Å²) in [6.07, 6.45) is -7.73. The predicted octanol–water partition coefficient (Wildman–Crippen LogP) is 6.70. The molecule has 0 bridgehead atoms. The van der Waals surface area contributed by atoms with Gasteiger partial charge in [0, 0.05) is 31.1 Å². The molecule has 1 atom stereocenters. The zero-order valence-corrected chi connectivity index (χ0v) is 27.9. The molecule has 11 nitrogen and oxygen atoms in total. The zero-order chi connectivity index (χ0) is 36.2. The molecule has 0 radical (unpaired) electrons. The highest BCUT2D eigenvalue weighted by molar-refractivity contribution is 6.03. The normalized spacial score (nSPS) is 14.6. The topological polar surface area (TPSA) is 126 Å². The van der Waals surface area contributed by atoms with E-state index in [1.54, 1.807) is 58.0 Å². The Morgan fingerprint density at radius 1 is 0.979 bits per heavy atom. The van der Waals surface area contributed by atoms with Crippen molar-refractivity contribution >= 4 is 35.4 Å². The number of carbonyl (C=O) groups is 4. The molecule has 3 rings (SSSR count). The van der Waals surface area contributed by atoms with Gasteiger partial charge in [0.05, 0.1) is 11.7 Å². The standard InChI is InChI=1S/C33H41F4N3O8/c1-8-14-38(30(45)48-32(5,6)7)17-21-15-22-23(40(21)29(43)44)16-24(46-19-20-12-10-9-11-13-20)27(26(22)34)39(28(42)33(35,36)37)18-25(41)47-31(2,3)4/h9-13,16,21H,8,14-15,17-19H2,1-7H3,(H,43,44)/t21-/m1/s1. The van der Waals surface area contributed by atoms with Gasteiger partial charge in [-0.05, 0) is 53.5 Å².